The topological polar surface area (TPSA) is 106 Å². The fourth-order valence-electron chi connectivity index (χ4n) is 3.79. The van der Waals surface area contributed by atoms with Gasteiger partial charge in [0.2, 0.25) is 0 Å². The summed E-state index contributed by atoms with van der Waals surface area (Å²) in [5, 5.41) is 12.8. The van der Waals surface area contributed by atoms with Gasteiger partial charge in [0.1, 0.15) is 35.2 Å². The molecule has 4 N–H and O–H groups in total. The first-order valence-electron chi connectivity index (χ1n) is 11.2. The Labute approximate surface area is 212 Å². The number of aromatic nitrogens is 2. The summed E-state index contributed by atoms with van der Waals surface area (Å²) < 4.78 is 39.9. The van der Waals surface area contributed by atoms with Gasteiger partial charge in [0.25, 0.3) is 5.56 Å². The van der Waals surface area contributed by atoms with Crippen molar-refractivity contribution in [1.82, 2.24) is 9.55 Å². The van der Waals surface area contributed by atoms with Gasteiger partial charge in [-0.2, -0.15) is 0 Å². The van der Waals surface area contributed by atoms with E-state index >= 15 is 0 Å². The van der Waals surface area contributed by atoms with Gasteiger partial charge in [-0.1, -0.05) is 17.7 Å². The predicted octanol–water partition coefficient (Wildman–Crippen LogP) is 3.41. The van der Waals surface area contributed by atoms with Gasteiger partial charge in [0.15, 0.2) is 0 Å². The molecule has 0 bridgehead atoms. The van der Waals surface area contributed by atoms with Crippen LogP contribution in [0.25, 0.3) is 5.69 Å². The number of quaternary nitrogens is 1. The van der Waals surface area contributed by atoms with Gasteiger partial charge in [-0.15, -0.1) is 0 Å². The highest BCUT2D eigenvalue weighted by Gasteiger charge is 2.18. The molecule has 2 aromatic heterocycles. The van der Waals surface area contributed by atoms with Crippen molar-refractivity contribution in [2.24, 2.45) is 0 Å². The number of halogens is 3. The zero-order valence-electron chi connectivity index (χ0n) is 20.2. The molecule has 0 aliphatic carbocycles. The summed E-state index contributed by atoms with van der Waals surface area (Å²) in [6, 6.07) is 6.76. The van der Waals surface area contributed by atoms with Gasteiger partial charge >= 0.3 is 0 Å². The minimum absolute atomic E-state index is 0.0104. The third-order valence-corrected chi connectivity index (χ3v) is 6.02. The van der Waals surface area contributed by atoms with Crippen molar-refractivity contribution in [3.8, 4) is 5.69 Å². The molecule has 192 valence electrons. The molecule has 3 rings (SSSR count). The van der Waals surface area contributed by atoms with Crippen LogP contribution >= 0.6 is 11.6 Å². The minimum Gasteiger partial charge on any atom is -0.383 e. The number of pyridine rings is 2. The number of hydrogen-bond acceptors (Lipinski definition) is 6. The van der Waals surface area contributed by atoms with Crippen LogP contribution in [0, 0.1) is 17.0 Å². The molecular weight excluding hydrogens is 492 g/mol. The van der Waals surface area contributed by atoms with E-state index in [-0.39, 0.29) is 34.8 Å². The van der Waals surface area contributed by atoms with Gasteiger partial charge < -0.3 is 25.5 Å². The second-order valence-electron chi connectivity index (χ2n) is 8.21. The maximum atomic E-state index is 14.0. The molecule has 11 heteroatoms. The van der Waals surface area contributed by atoms with Crippen molar-refractivity contribution in [1.29, 1.82) is 5.41 Å². The van der Waals surface area contributed by atoms with Crippen molar-refractivity contribution in [2.75, 3.05) is 26.1 Å². The van der Waals surface area contributed by atoms with Crippen molar-refractivity contribution >= 4 is 29.3 Å². The highest BCUT2D eigenvalue weighted by atomic mass is 35.5. The molecule has 1 aromatic carbocycles. The van der Waals surface area contributed by atoms with Gasteiger partial charge in [-0.3, -0.25) is 9.36 Å². The summed E-state index contributed by atoms with van der Waals surface area (Å²) in [5.41, 5.74) is 0.186. The number of nitrogens with two attached hydrogens (primary N) is 1. The highest BCUT2D eigenvalue weighted by Crippen LogP contribution is 2.23. The van der Waals surface area contributed by atoms with Crippen LogP contribution < -0.4 is 16.2 Å². The Bertz CT molecular complexity index is 1250. The average Bonchev–Trinajstić information content (AvgIpc) is 2.85. The third kappa shape index (κ3) is 6.52. The zero-order chi connectivity index (χ0) is 26.2. The number of nitrogens with zero attached hydrogens (tertiary/aromatic N) is 2. The smallest absolute Gasteiger partial charge is 0.270 e. The van der Waals surface area contributed by atoms with E-state index in [1.54, 1.807) is 26.4 Å². The monoisotopic (exact) mass is 520 g/mol. The molecule has 0 fully saturated rings. The van der Waals surface area contributed by atoms with Crippen LogP contribution in [0.2, 0.25) is 5.02 Å². The van der Waals surface area contributed by atoms with Crippen molar-refractivity contribution in [3.05, 3.63) is 80.9 Å². The first kappa shape index (κ1) is 27.4. The van der Waals surface area contributed by atoms with Crippen molar-refractivity contribution < 1.29 is 23.6 Å². The number of methoxy groups -OCH3 is 2. The number of nitrogens with one attached hydrogen (secondary N) is 2. The average molecular weight is 521 g/mol. The molecule has 8 nitrogen and oxygen atoms in total. The lowest BCUT2D eigenvalue weighted by Gasteiger charge is -2.22. The summed E-state index contributed by atoms with van der Waals surface area (Å²) in [5.74, 6) is -0.869. The maximum absolute atomic E-state index is 14.0. The fraction of sp³-hybridized carbons (Fsp3) is 0.320. The van der Waals surface area contributed by atoms with E-state index in [1.165, 1.54) is 40.5 Å². The van der Waals surface area contributed by atoms with Crippen LogP contribution in [-0.4, -0.2) is 48.7 Å². The molecule has 0 radical (unpaired) electrons. The van der Waals surface area contributed by atoms with E-state index in [0.29, 0.717) is 30.2 Å². The third-order valence-electron chi connectivity index (χ3n) is 5.73. The Balaban J connectivity index is 1.90. The number of ether oxygens (including phenoxy) is 2. The molecule has 36 heavy (non-hydrogen) atoms. The number of hydrogen-bond donors (Lipinski definition) is 3. The van der Waals surface area contributed by atoms with E-state index in [4.69, 9.17) is 26.5 Å². The zero-order valence-corrected chi connectivity index (χ0v) is 21.0. The second kappa shape index (κ2) is 12.7. The molecule has 0 saturated carbocycles. The number of benzene rings is 1. The minimum atomic E-state index is -0.675. The molecule has 0 amide bonds. The van der Waals surface area contributed by atoms with Gasteiger partial charge in [-0.25, -0.2) is 13.8 Å². The largest absolute Gasteiger partial charge is 0.383 e. The van der Waals surface area contributed by atoms with E-state index in [0.717, 1.165) is 6.21 Å². The van der Waals surface area contributed by atoms with Crippen molar-refractivity contribution in [3.63, 3.8) is 0 Å². The lowest BCUT2D eigenvalue weighted by atomic mass is 10.1. The van der Waals surface area contributed by atoms with E-state index in [2.05, 4.69) is 10.3 Å². The van der Waals surface area contributed by atoms with Crippen molar-refractivity contribution in [2.45, 2.75) is 32.0 Å². The summed E-state index contributed by atoms with van der Waals surface area (Å²) in [4.78, 5) is 17.6. The standard InChI is InChI=1S/C25H28ClF2N5O3/c1-15(36-3)9-16(14-35-2)32-24-10-23(19(26)13-31-24)33-8-7-22(17(11-29)25(33)34)30-12-18-20(27)5-4-6-21(18)28/h4-8,10-11,13,15-16,29-30H,9,12,14H2,1-3H3,(H,31,32)/p+1/t15?,16-/m0/s1. The van der Waals surface area contributed by atoms with Gasteiger partial charge in [0.05, 0.1) is 41.2 Å². The SMILES string of the molecule is COC[C@H](CC(C)OC)Nc1cc(-n2ccc([NH2+]Cc3c(F)cccc3F)c(C=N)c2=O)c(Cl)cn1. The van der Waals surface area contributed by atoms with Gasteiger partial charge in [0, 0.05) is 38.8 Å². The number of rotatable bonds is 12. The Hall–Kier alpha value is -3.18. The van der Waals surface area contributed by atoms with E-state index < -0.39 is 17.2 Å². The van der Waals surface area contributed by atoms with Crippen LogP contribution in [0.5, 0.6) is 0 Å². The number of anilines is 1. The highest BCUT2D eigenvalue weighted by molar-refractivity contribution is 6.32. The Morgan fingerprint density at radius 2 is 2.00 bits per heavy atom. The lowest BCUT2D eigenvalue weighted by Crippen LogP contribution is -2.77. The Morgan fingerprint density at radius 3 is 2.64 bits per heavy atom. The molecule has 0 saturated heterocycles. The maximum Gasteiger partial charge on any atom is 0.270 e. The predicted molar refractivity (Wildman–Crippen MR) is 135 cm³/mol. The quantitative estimate of drug-likeness (QED) is 0.317. The summed E-state index contributed by atoms with van der Waals surface area (Å²) in [6.07, 6.45) is 4.50. The molecule has 2 atom stereocenters. The molecular formula is C25H29ClF2N5O3+. The molecule has 1 unspecified atom stereocenters. The molecule has 0 aliphatic heterocycles. The van der Waals surface area contributed by atoms with E-state index in [9.17, 15) is 13.6 Å². The lowest BCUT2D eigenvalue weighted by molar-refractivity contribution is -0.589. The molecule has 0 aliphatic rings. The molecule has 2 heterocycles. The normalized spacial score (nSPS) is 12.8. The Morgan fingerprint density at radius 1 is 1.28 bits per heavy atom. The first-order chi connectivity index (χ1) is 17.3. The Kier molecular flexibility index (Phi) is 9.65. The van der Waals surface area contributed by atoms with E-state index in [1.807, 2.05) is 6.92 Å². The van der Waals surface area contributed by atoms with Crippen LogP contribution in [0.4, 0.5) is 20.3 Å². The fourth-order valence-corrected chi connectivity index (χ4v) is 3.98. The summed E-state index contributed by atoms with van der Waals surface area (Å²) in [7, 11) is 3.24. The van der Waals surface area contributed by atoms with Crippen LogP contribution in [-0.2, 0) is 16.0 Å². The van der Waals surface area contributed by atoms with Gasteiger partial charge in [-0.05, 0) is 25.5 Å². The van der Waals surface area contributed by atoms with Crippen LogP contribution in [0.15, 0.2) is 47.5 Å². The second-order valence-corrected chi connectivity index (χ2v) is 8.62. The van der Waals surface area contributed by atoms with Crippen LogP contribution in [0.3, 0.4) is 0 Å². The first-order valence-corrected chi connectivity index (χ1v) is 11.6. The summed E-state index contributed by atoms with van der Waals surface area (Å²) in [6.45, 7) is 2.29. The molecule has 3 aromatic rings. The summed E-state index contributed by atoms with van der Waals surface area (Å²) >= 11 is 6.38. The molecule has 0 spiro atoms. The van der Waals surface area contributed by atoms with Crippen LogP contribution in [0.1, 0.15) is 24.5 Å².